The molecular weight excluding hydrogens is 425 g/mol. The van der Waals surface area contributed by atoms with E-state index in [9.17, 15) is 13.2 Å². The fraction of sp³-hybridized carbons (Fsp3) is 0.333. The lowest BCUT2D eigenvalue weighted by atomic mass is 10.2. The maximum Gasteiger partial charge on any atom is 0.255 e. The summed E-state index contributed by atoms with van der Waals surface area (Å²) in [6.45, 7) is 1.40. The van der Waals surface area contributed by atoms with Crippen molar-refractivity contribution in [1.82, 2.24) is 14.2 Å². The Hall–Kier alpha value is -1.71. The van der Waals surface area contributed by atoms with Gasteiger partial charge in [0, 0.05) is 39.1 Å². The van der Waals surface area contributed by atoms with Gasteiger partial charge in [0.05, 0.1) is 28.8 Å². The van der Waals surface area contributed by atoms with Crippen LogP contribution in [0, 0.1) is 0 Å². The van der Waals surface area contributed by atoms with Crippen LogP contribution < -0.4 is 0 Å². The number of rotatable bonds is 5. The molecule has 0 saturated carbocycles. The molecule has 2 aromatic rings. The van der Waals surface area contributed by atoms with Crippen LogP contribution in [0.3, 0.4) is 0 Å². The Bertz CT molecular complexity index is 964. The molecule has 0 bridgehead atoms. The van der Waals surface area contributed by atoms with Gasteiger partial charge < -0.3 is 9.64 Å². The van der Waals surface area contributed by atoms with Gasteiger partial charge in [0.15, 0.2) is 0 Å². The van der Waals surface area contributed by atoms with Gasteiger partial charge in [0.2, 0.25) is 10.0 Å². The lowest BCUT2D eigenvalue weighted by Crippen LogP contribution is -2.40. The minimum atomic E-state index is -3.87. The number of halogens is 2. The summed E-state index contributed by atoms with van der Waals surface area (Å²) in [5, 5.41) is 0.0716. The van der Waals surface area contributed by atoms with Crippen molar-refractivity contribution >= 4 is 39.1 Å². The highest BCUT2D eigenvalue weighted by Gasteiger charge is 2.30. The number of benzene rings is 1. The fourth-order valence-electron chi connectivity index (χ4n) is 2.86. The van der Waals surface area contributed by atoms with Gasteiger partial charge in [0.1, 0.15) is 4.90 Å². The molecule has 1 aliphatic rings. The molecule has 1 fully saturated rings. The lowest BCUT2D eigenvalue weighted by molar-refractivity contribution is 0.0730. The van der Waals surface area contributed by atoms with E-state index < -0.39 is 15.9 Å². The average molecular weight is 444 g/mol. The Kier molecular flexibility index (Phi) is 6.57. The number of sulfonamides is 1. The largest absolute Gasteiger partial charge is 0.379 e. The highest BCUT2D eigenvalue weighted by molar-refractivity contribution is 7.89. The number of ether oxygens (including phenoxy) is 1. The highest BCUT2D eigenvalue weighted by Crippen LogP contribution is 2.31. The van der Waals surface area contributed by atoms with E-state index in [1.165, 1.54) is 21.3 Å². The van der Waals surface area contributed by atoms with Crippen molar-refractivity contribution in [2.45, 2.75) is 11.4 Å². The molecule has 0 N–H and O–H groups in total. The minimum absolute atomic E-state index is 0.0233. The van der Waals surface area contributed by atoms with Gasteiger partial charge in [0.25, 0.3) is 5.91 Å². The molecule has 3 rings (SSSR count). The number of nitrogens with zero attached hydrogens (tertiary/aromatic N) is 3. The van der Waals surface area contributed by atoms with Crippen molar-refractivity contribution in [1.29, 1.82) is 0 Å². The lowest BCUT2D eigenvalue weighted by Gasteiger charge is -2.27. The topological polar surface area (TPSA) is 79.8 Å². The summed E-state index contributed by atoms with van der Waals surface area (Å²) < 4.78 is 32.4. The predicted molar refractivity (Wildman–Crippen MR) is 106 cm³/mol. The van der Waals surface area contributed by atoms with Gasteiger partial charge >= 0.3 is 0 Å². The van der Waals surface area contributed by atoms with Crippen LogP contribution >= 0.6 is 23.2 Å². The molecule has 1 aromatic heterocycles. The summed E-state index contributed by atoms with van der Waals surface area (Å²) >= 11 is 12.4. The first-order valence-electron chi connectivity index (χ1n) is 8.52. The Morgan fingerprint density at radius 3 is 2.46 bits per heavy atom. The van der Waals surface area contributed by atoms with E-state index >= 15 is 0 Å². The van der Waals surface area contributed by atoms with Gasteiger partial charge in [-0.25, -0.2) is 8.42 Å². The van der Waals surface area contributed by atoms with Crippen molar-refractivity contribution in [3.63, 3.8) is 0 Å². The molecule has 2 heterocycles. The summed E-state index contributed by atoms with van der Waals surface area (Å²) in [7, 11) is -2.25. The zero-order valence-electron chi connectivity index (χ0n) is 15.1. The van der Waals surface area contributed by atoms with E-state index in [1.54, 1.807) is 31.6 Å². The van der Waals surface area contributed by atoms with Gasteiger partial charge in [-0.1, -0.05) is 23.2 Å². The van der Waals surface area contributed by atoms with Crippen LogP contribution in [-0.2, 0) is 21.3 Å². The van der Waals surface area contributed by atoms with E-state index in [1.807, 2.05) is 0 Å². The van der Waals surface area contributed by atoms with Crippen LogP contribution in [0.1, 0.15) is 15.9 Å². The van der Waals surface area contributed by atoms with Crippen LogP contribution in [-0.4, -0.2) is 61.9 Å². The number of morpholine rings is 1. The molecule has 0 aliphatic carbocycles. The molecule has 7 nitrogen and oxygen atoms in total. The normalized spacial score (nSPS) is 15.4. The van der Waals surface area contributed by atoms with Crippen LogP contribution in [0.2, 0.25) is 10.0 Å². The summed E-state index contributed by atoms with van der Waals surface area (Å²) in [5.74, 6) is -0.406. The Morgan fingerprint density at radius 1 is 1.18 bits per heavy atom. The van der Waals surface area contributed by atoms with E-state index in [2.05, 4.69) is 4.98 Å². The Balaban J connectivity index is 1.91. The van der Waals surface area contributed by atoms with E-state index in [4.69, 9.17) is 27.9 Å². The summed E-state index contributed by atoms with van der Waals surface area (Å²) in [4.78, 5) is 18.2. The summed E-state index contributed by atoms with van der Waals surface area (Å²) in [6, 6.07) is 6.13. The van der Waals surface area contributed by atoms with Crippen LogP contribution in [0.25, 0.3) is 0 Å². The molecule has 1 aliphatic heterocycles. The molecular formula is C18H19Cl2N3O4S. The fourth-order valence-corrected chi connectivity index (χ4v) is 5.09. The minimum Gasteiger partial charge on any atom is -0.379 e. The molecule has 1 amide bonds. The van der Waals surface area contributed by atoms with Crippen molar-refractivity contribution in [3.05, 3.63) is 57.8 Å². The highest BCUT2D eigenvalue weighted by atomic mass is 35.5. The third kappa shape index (κ3) is 4.47. The van der Waals surface area contributed by atoms with E-state index in [-0.39, 0.29) is 33.6 Å². The molecule has 150 valence electrons. The van der Waals surface area contributed by atoms with Crippen molar-refractivity contribution < 1.29 is 17.9 Å². The van der Waals surface area contributed by atoms with Crippen LogP contribution in [0.15, 0.2) is 41.6 Å². The number of aromatic nitrogens is 1. The Labute approximate surface area is 173 Å². The van der Waals surface area contributed by atoms with Gasteiger partial charge in [-0.2, -0.15) is 4.31 Å². The van der Waals surface area contributed by atoms with E-state index in [0.717, 1.165) is 5.56 Å². The zero-order chi connectivity index (χ0) is 20.3. The molecule has 0 atom stereocenters. The predicted octanol–water partition coefficient (Wildman–Crippen LogP) is 2.68. The van der Waals surface area contributed by atoms with E-state index in [0.29, 0.717) is 19.8 Å². The average Bonchev–Trinajstić information content (AvgIpc) is 2.69. The van der Waals surface area contributed by atoms with Crippen molar-refractivity contribution in [2.24, 2.45) is 0 Å². The number of hydrogen-bond donors (Lipinski definition) is 0. The monoisotopic (exact) mass is 443 g/mol. The zero-order valence-corrected chi connectivity index (χ0v) is 17.5. The van der Waals surface area contributed by atoms with Gasteiger partial charge in [-0.3, -0.25) is 9.78 Å². The molecule has 0 unspecified atom stereocenters. The number of hydrogen-bond acceptors (Lipinski definition) is 5. The molecule has 0 spiro atoms. The second kappa shape index (κ2) is 8.75. The molecule has 1 saturated heterocycles. The summed E-state index contributed by atoms with van der Waals surface area (Å²) in [6.07, 6.45) is 3.27. The number of carbonyl (C=O) groups excluding carboxylic acids is 1. The number of carbonyl (C=O) groups is 1. The smallest absolute Gasteiger partial charge is 0.255 e. The second-order valence-electron chi connectivity index (χ2n) is 6.30. The Morgan fingerprint density at radius 2 is 1.82 bits per heavy atom. The molecule has 0 radical (unpaired) electrons. The first kappa shape index (κ1) is 21.0. The van der Waals surface area contributed by atoms with Crippen LogP contribution in [0.4, 0.5) is 0 Å². The quantitative estimate of drug-likeness (QED) is 0.709. The first-order chi connectivity index (χ1) is 13.3. The first-order valence-corrected chi connectivity index (χ1v) is 10.7. The summed E-state index contributed by atoms with van der Waals surface area (Å²) in [5.41, 5.74) is 0.964. The molecule has 10 heteroatoms. The number of amides is 1. The molecule has 1 aromatic carbocycles. The SMILES string of the molecule is CN(Cc1ccncc1)C(=O)c1cc(S(=O)(=O)N2CCOCC2)c(Cl)cc1Cl. The van der Waals surface area contributed by atoms with Crippen molar-refractivity contribution in [3.8, 4) is 0 Å². The maximum atomic E-state index is 13.0. The number of pyridine rings is 1. The third-order valence-electron chi connectivity index (χ3n) is 4.36. The standard InChI is InChI=1S/C18H19Cl2N3O4S/c1-22(12-13-2-4-21-5-3-13)18(24)14-10-17(16(20)11-15(14)19)28(25,26)23-6-8-27-9-7-23/h2-5,10-11H,6-9,12H2,1H3. The van der Waals surface area contributed by atoms with Crippen LogP contribution in [0.5, 0.6) is 0 Å². The third-order valence-corrected chi connectivity index (χ3v) is 7.03. The molecule has 28 heavy (non-hydrogen) atoms. The van der Waals surface area contributed by atoms with Crippen molar-refractivity contribution in [2.75, 3.05) is 33.4 Å². The van der Waals surface area contributed by atoms with Gasteiger partial charge in [-0.15, -0.1) is 0 Å². The van der Waals surface area contributed by atoms with Gasteiger partial charge in [-0.05, 0) is 29.8 Å². The second-order valence-corrected chi connectivity index (χ2v) is 9.02. The maximum absolute atomic E-state index is 13.0.